The zero-order valence-electron chi connectivity index (χ0n) is 13.4. The van der Waals surface area contributed by atoms with E-state index in [0.29, 0.717) is 13.2 Å². The average Bonchev–Trinajstić information content (AvgIpc) is 2.65. The minimum Gasteiger partial charge on any atom is -0.382 e. The van der Waals surface area contributed by atoms with Gasteiger partial charge in [0.25, 0.3) is 0 Å². The van der Waals surface area contributed by atoms with Gasteiger partial charge in [0.15, 0.2) is 0 Å². The number of rotatable bonds is 7. The third-order valence-corrected chi connectivity index (χ3v) is 3.64. The fourth-order valence-corrected chi connectivity index (χ4v) is 2.40. The first-order valence-electron chi connectivity index (χ1n) is 6.92. The lowest BCUT2D eigenvalue weighted by molar-refractivity contribution is -0.101. The summed E-state index contributed by atoms with van der Waals surface area (Å²) in [6, 6.07) is -0.516. The molecule has 116 valence electrons. The van der Waals surface area contributed by atoms with Gasteiger partial charge in [-0.15, -0.1) is 0 Å². The third kappa shape index (κ3) is 4.43. The maximum atomic E-state index is 5.98. The van der Waals surface area contributed by atoms with E-state index < -0.39 is 6.00 Å². The second kappa shape index (κ2) is 7.75. The molecule has 0 spiro atoms. The third-order valence-electron chi connectivity index (χ3n) is 3.64. The maximum Gasteiger partial charge on any atom is 0.113 e. The Kier molecular flexibility index (Phi) is 6.95. The van der Waals surface area contributed by atoms with E-state index in [9.17, 15) is 0 Å². The Morgan fingerprint density at radius 2 is 1.80 bits per heavy atom. The lowest BCUT2D eigenvalue weighted by Gasteiger charge is -2.31. The van der Waals surface area contributed by atoms with Crippen LogP contribution in [0, 0.1) is 5.41 Å². The molecule has 6 heteroatoms. The largest absolute Gasteiger partial charge is 0.382 e. The Balaban J connectivity index is 2.61. The highest BCUT2D eigenvalue weighted by Gasteiger charge is 2.43. The summed E-state index contributed by atoms with van der Waals surface area (Å²) in [5.74, 6) is 0. The molecule has 2 radical (unpaired) electrons. The highest BCUT2D eigenvalue weighted by Crippen LogP contribution is 2.27. The van der Waals surface area contributed by atoms with Gasteiger partial charge in [0.2, 0.25) is 0 Å². The summed E-state index contributed by atoms with van der Waals surface area (Å²) in [4.78, 5) is 0. The van der Waals surface area contributed by atoms with Gasteiger partial charge in [-0.2, -0.15) is 0 Å². The predicted molar refractivity (Wildman–Crippen MR) is 77.1 cm³/mol. The van der Waals surface area contributed by atoms with Gasteiger partial charge in [0.05, 0.1) is 19.3 Å². The van der Waals surface area contributed by atoms with E-state index in [2.05, 4.69) is 20.8 Å². The minimum atomic E-state index is -0.516. The highest BCUT2D eigenvalue weighted by molar-refractivity contribution is 6.11. The van der Waals surface area contributed by atoms with E-state index in [1.54, 1.807) is 21.3 Å². The summed E-state index contributed by atoms with van der Waals surface area (Å²) >= 11 is 0. The standard InChI is InChI=1S/C14H27BO5/c1-14(2,3)10(17-5)8-19-12-11(18-6)9(7-16-4)20-13(12)15/h9-13H,7-8H2,1-6H3/t9-,10+,11?,12+,13-/m1/s1. The van der Waals surface area contributed by atoms with E-state index >= 15 is 0 Å². The molecule has 1 saturated heterocycles. The zero-order chi connectivity index (χ0) is 15.3. The Morgan fingerprint density at radius 3 is 2.25 bits per heavy atom. The van der Waals surface area contributed by atoms with Crippen LogP contribution >= 0.6 is 0 Å². The molecule has 0 saturated carbocycles. The van der Waals surface area contributed by atoms with Crippen molar-refractivity contribution in [1.82, 2.24) is 0 Å². The molecule has 1 aliphatic rings. The van der Waals surface area contributed by atoms with Crippen molar-refractivity contribution in [2.75, 3.05) is 34.5 Å². The van der Waals surface area contributed by atoms with E-state index in [0.717, 1.165) is 0 Å². The molecule has 0 bridgehead atoms. The van der Waals surface area contributed by atoms with E-state index in [-0.39, 0.29) is 29.8 Å². The fraction of sp³-hybridized carbons (Fsp3) is 1.00. The van der Waals surface area contributed by atoms with Crippen LogP contribution in [0.5, 0.6) is 0 Å². The second-order valence-corrected chi connectivity index (χ2v) is 6.18. The summed E-state index contributed by atoms with van der Waals surface area (Å²) in [6.07, 6.45) is -0.781. The Hall–Kier alpha value is -0.135. The first-order chi connectivity index (χ1) is 9.35. The first kappa shape index (κ1) is 17.9. The van der Waals surface area contributed by atoms with Crippen molar-refractivity contribution in [2.24, 2.45) is 5.41 Å². The molecule has 0 aliphatic carbocycles. The van der Waals surface area contributed by atoms with Crippen molar-refractivity contribution in [3.63, 3.8) is 0 Å². The molecule has 5 nitrogen and oxygen atoms in total. The summed E-state index contributed by atoms with van der Waals surface area (Å²) < 4.78 is 27.6. The van der Waals surface area contributed by atoms with Gasteiger partial charge in [-0.05, 0) is 5.41 Å². The van der Waals surface area contributed by atoms with Crippen LogP contribution in [-0.2, 0) is 23.7 Å². The fourth-order valence-electron chi connectivity index (χ4n) is 2.40. The molecule has 0 aromatic rings. The quantitative estimate of drug-likeness (QED) is 0.653. The Labute approximate surface area is 123 Å². The summed E-state index contributed by atoms with van der Waals surface area (Å²) in [6.45, 7) is 7.20. The molecule has 1 rings (SSSR count). The number of hydrogen-bond acceptors (Lipinski definition) is 5. The summed E-state index contributed by atoms with van der Waals surface area (Å²) in [5.41, 5.74) is -0.00714. The average molecular weight is 286 g/mol. The van der Waals surface area contributed by atoms with Crippen LogP contribution in [0.25, 0.3) is 0 Å². The first-order valence-corrected chi connectivity index (χ1v) is 6.92. The van der Waals surface area contributed by atoms with Gasteiger partial charge in [-0.3, -0.25) is 0 Å². The second-order valence-electron chi connectivity index (χ2n) is 6.18. The van der Waals surface area contributed by atoms with Crippen LogP contribution in [0.3, 0.4) is 0 Å². The van der Waals surface area contributed by atoms with Crippen LogP contribution in [0.4, 0.5) is 0 Å². The van der Waals surface area contributed by atoms with Crippen molar-refractivity contribution in [3.8, 4) is 0 Å². The monoisotopic (exact) mass is 286 g/mol. The van der Waals surface area contributed by atoms with Crippen molar-refractivity contribution in [2.45, 2.75) is 51.2 Å². The van der Waals surface area contributed by atoms with E-state index in [1.165, 1.54) is 0 Å². The van der Waals surface area contributed by atoms with Gasteiger partial charge in [-0.25, -0.2) is 0 Å². The summed E-state index contributed by atoms with van der Waals surface area (Å²) in [5, 5.41) is 0. The lowest BCUT2D eigenvalue weighted by atomic mass is 9.89. The maximum absolute atomic E-state index is 5.98. The van der Waals surface area contributed by atoms with Gasteiger partial charge in [0, 0.05) is 27.3 Å². The van der Waals surface area contributed by atoms with Crippen molar-refractivity contribution < 1.29 is 23.7 Å². The molecular formula is C14H27BO5. The van der Waals surface area contributed by atoms with Crippen LogP contribution in [0.15, 0.2) is 0 Å². The SMILES string of the molecule is [B][C@@H]1O[C@H](COC)C(OC)[C@@H]1OC[C@H](OC)C(C)(C)C. The van der Waals surface area contributed by atoms with E-state index in [1.807, 2.05) is 0 Å². The van der Waals surface area contributed by atoms with Gasteiger partial charge in [-0.1, -0.05) is 20.8 Å². The summed E-state index contributed by atoms with van der Waals surface area (Å²) in [7, 11) is 10.9. The molecule has 1 heterocycles. The molecule has 1 aliphatic heterocycles. The number of methoxy groups -OCH3 is 3. The molecule has 20 heavy (non-hydrogen) atoms. The van der Waals surface area contributed by atoms with E-state index in [4.69, 9.17) is 31.5 Å². The topological polar surface area (TPSA) is 46.2 Å². The van der Waals surface area contributed by atoms with Crippen molar-refractivity contribution in [3.05, 3.63) is 0 Å². The van der Waals surface area contributed by atoms with Crippen molar-refractivity contribution >= 4 is 7.85 Å². The normalized spacial score (nSPS) is 32.5. The Bertz CT molecular complexity index is 281. The predicted octanol–water partition coefficient (Wildman–Crippen LogP) is 0.987. The van der Waals surface area contributed by atoms with Crippen molar-refractivity contribution in [1.29, 1.82) is 0 Å². The smallest absolute Gasteiger partial charge is 0.113 e. The molecule has 1 fully saturated rings. The van der Waals surface area contributed by atoms with Gasteiger partial charge < -0.3 is 23.7 Å². The zero-order valence-corrected chi connectivity index (χ0v) is 13.4. The highest BCUT2D eigenvalue weighted by atomic mass is 16.6. The molecule has 5 atom stereocenters. The lowest BCUT2D eigenvalue weighted by Crippen LogP contribution is -2.42. The van der Waals surface area contributed by atoms with Crippen LogP contribution < -0.4 is 0 Å². The molecule has 1 unspecified atom stereocenters. The molecule has 0 aromatic heterocycles. The molecule has 0 amide bonds. The molecule has 0 N–H and O–H groups in total. The molecule has 0 aromatic carbocycles. The minimum absolute atomic E-state index is 0.00714. The van der Waals surface area contributed by atoms with Crippen LogP contribution in [0.1, 0.15) is 20.8 Å². The van der Waals surface area contributed by atoms with Crippen LogP contribution in [0.2, 0.25) is 0 Å². The molecular weight excluding hydrogens is 259 g/mol. The number of ether oxygens (including phenoxy) is 5. The van der Waals surface area contributed by atoms with Crippen LogP contribution in [-0.4, -0.2) is 72.8 Å². The number of hydrogen-bond donors (Lipinski definition) is 0. The van der Waals surface area contributed by atoms with Gasteiger partial charge in [0.1, 0.15) is 26.2 Å². The van der Waals surface area contributed by atoms with Gasteiger partial charge >= 0.3 is 0 Å². The Morgan fingerprint density at radius 1 is 1.15 bits per heavy atom.